The zero-order valence-corrected chi connectivity index (χ0v) is 14.3. The first-order chi connectivity index (χ1) is 12.0. The fourth-order valence-corrected chi connectivity index (χ4v) is 2.96. The van der Waals surface area contributed by atoms with Gasteiger partial charge >= 0.3 is 5.97 Å². The number of aliphatic hydroxyl groups is 3. The van der Waals surface area contributed by atoms with Crippen molar-refractivity contribution in [3.05, 3.63) is 0 Å². The molecule has 12 heteroatoms. The number of carboxylic acid groups (broad SMARTS) is 1. The molecule has 2 aliphatic rings. The van der Waals surface area contributed by atoms with Gasteiger partial charge in [-0.25, -0.2) is 4.79 Å². The van der Waals surface area contributed by atoms with Crippen LogP contribution in [-0.2, 0) is 23.8 Å². The third-order valence-electron chi connectivity index (χ3n) is 4.50. The monoisotopic (exact) mass is 379 g/mol. The van der Waals surface area contributed by atoms with Gasteiger partial charge < -0.3 is 51.4 Å². The molecule has 150 valence electrons. The third-order valence-corrected chi connectivity index (χ3v) is 4.50. The first kappa shape index (κ1) is 20.9. The van der Waals surface area contributed by atoms with Crippen molar-refractivity contribution in [2.24, 2.45) is 11.5 Å². The van der Waals surface area contributed by atoms with E-state index in [0.29, 0.717) is 0 Å². The van der Waals surface area contributed by atoms with E-state index in [1.54, 1.807) is 6.92 Å². The number of aliphatic carboxylic acids is 1. The molecule has 0 unspecified atom stereocenters. The van der Waals surface area contributed by atoms with Crippen LogP contribution in [0.15, 0.2) is 0 Å². The van der Waals surface area contributed by atoms with Crippen LogP contribution in [0.1, 0.15) is 13.8 Å². The van der Waals surface area contributed by atoms with Crippen molar-refractivity contribution in [1.29, 1.82) is 0 Å². The number of ether oxygens (including phenoxy) is 3. The lowest BCUT2D eigenvalue weighted by Gasteiger charge is -2.46. The van der Waals surface area contributed by atoms with Crippen molar-refractivity contribution in [1.82, 2.24) is 5.32 Å². The van der Waals surface area contributed by atoms with Gasteiger partial charge in [-0.2, -0.15) is 0 Å². The minimum atomic E-state index is -1.75. The summed E-state index contributed by atoms with van der Waals surface area (Å²) in [4.78, 5) is 22.8. The van der Waals surface area contributed by atoms with E-state index >= 15 is 0 Å². The molecule has 0 spiro atoms. The molecular weight excluding hydrogens is 354 g/mol. The lowest BCUT2D eigenvalue weighted by molar-refractivity contribution is -0.307. The molecule has 0 aromatic carbocycles. The maximum Gasteiger partial charge on any atom is 0.335 e. The number of hydrogen-bond acceptors (Lipinski definition) is 10. The van der Waals surface area contributed by atoms with Crippen molar-refractivity contribution in [2.45, 2.75) is 75.1 Å². The molecule has 26 heavy (non-hydrogen) atoms. The molecular formula is C14H25N3O9. The predicted octanol–water partition coefficient (Wildman–Crippen LogP) is -4.20. The highest BCUT2D eigenvalue weighted by Gasteiger charge is 2.51. The zero-order chi connectivity index (χ0) is 19.8. The SMILES string of the molecule is CC(=O)N[C@H]1[C@H](O[C@@H]2[C@H](O)[C@@H](N)[C@H](O)O[C@H]2C(=O)O)O[C@H](C)[C@H](N)[C@@H]1O. The summed E-state index contributed by atoms with van der Waals surface area (Å²) in [6.45, 7) is 2.77. The summed E-state index contributed by atoms with van der Waals surface area (Å²) < 4.78 is 16.0. The van der Waals surface area contributed by atoms with E-state index in [-0.39, 0.29) is 0 Å². The number of hydrogen-bond donors (Lipinski definition) is 7. The van der Waals surface area contributed by atoms with E-state index in [4.69, 9.17) is 25.7 Å². The highest BCUT2D eigenvalue weighted by atomic mass is 16.7. The highest BCUT2D eigenvalue weighted by molar-refractivity contribution is 5.74. The number of carbonyl (C=O) groups is 2. The Morgan fingerprint density at radius 1 is 1.08 bits per heavy atom. The molecule has 0 aliphatic carbocycles. The fraction of sp³-hybridized carbons (Fsp3) is 0.857. The van der Waals surface area contributed by atoms with Crippen LogP contribution in [0.5, 0.6) is 0 Å². The second-order valence-electron chi connectivity index (χ2n) is 6.46. The van der Waals surface area contributed by atoms with E-state index in [9.17, 15) is 30.0 Å². The van der Waals surface area contributed by atoms with E-state index in [2.05, 4.69) is 5.32 Å². The summed E-state index contributed by atoms with van der Waals surface area (Å²) in [5.74, 6) is -2.01. The number of carboxylic acids is 1. The Hall–Kier alpha value is -1.38. The van der Waals surface area contributed by atoms with Crippen LogP contribution < -0.4 is 16.8 Å². The summed E-state index contributed by atoms with van der Waals surface area (Å²) in [6, 6.07) is -3.29. The molecule has 2 fully saturated rings. The number of rotatable bonds is 4. The average Bonchev–Trinajstić information content (AvgIpc) is 2.56. The topological polar surface area (TPSA) is 207 Å². The van der Waals surface area contributed by atoms with Gasteiger partial charge in [0.1, 0.15) is 18.2 Å². The molecule has 0 saturated carbocycles. The number of nitrogens with one attached hydrogen (secondary N) is 1. The first-order valence-corrected chi connectivity index (χ1v) is 8.06. The van der Waals surface area contributed by atoms with Crippen LogP contribution in [0.4, 0.5) is 0 Å². The molecule has 2 rings (SSSR count). The van der Waals surface area contributed by atoms with Crippen LogP contribution in [0, 0.1) is 0 Å². The predicted molar refractivity (Wildman–Crippen MR) is 83.3 cm³/mol. The number of carbonyl (C=O) groups excluding carboxylic acids is 1. The molecule has 0 bridgehead atoms. The highest BCUT2D eigenvalue weighted by Crippen LogP contribution is 2.27. The lowest BCUT2D eigenvalue weighted by atomic mass is 9.94. The summed E-state index contributed by atoms with van der Waals surface area (Å²) in [7, 11) is 0. The Balaban J connectivity index is 2.25. The van der Waals surface area contributed by atoms with Gasteiger partial charge in [-0.1, -0.05) is 0 Å². The number of amides is 1. The maximum atomic E-state index is 11.4. The Bertz CT molecular complexity index is 536. The van der Waals surface area contributed by atoms with Crippen LogP contribution in [0.3, 0.4) is 0 Å². The Morgan fingerprint density at radius 3 is 2.23 bits per heavy atom. The van der Waals surface area contributed by atoms with Gasteiger partial charge in [0.2, 0.25) is 5.91 Å². The van der Waals surface area contributed by atoms with E-state index < -0.39 is 73.1 Å². The minimum Gasteiger partial charge on any atom is -0.479 e. The lowest BCUT2D eigenvalue weighted by Crippen LogP contribution is -2.69. The normalized spacial score (nSPS) is 46.6. The number of nitrogens with two attached hydrogens (primary N) is 2. The summed E-state index contributed by atoms with van der Waals surface area (Å²) >= 11 is 0. The van der Waals surface area contributed by atoms with Crippen molar-refractivity contribution in [2.75, 3.05) is 0 Å². The van der Waals surface area contributed by atoms with Gasteiger partial charge in [-0.3, -0.25) is 4.79 Å². The van der Waals surface area contributed by atoms with Crippen molar-refractivity contribution in [3.63, 3.8) is 0 Å². The van der Waals surface area contributed by atoms with E-state index in [0.717, 1.165) is 0 Å². The van der Waals surface area contributed by atoms with Crippen LogP contribution >= 0.6 is 0 Å². The molecule has 0 radical (unpaired) electrons. The quantitative estimate of drug-likeness (QED) is 0.249. The first-order valence-electron chi connectivity index (χ1n) is 8.06. The van der Waals surface area contributed by atoms with Crippen LogP contribution in [0.2, 0.25) is 0 Å². The standard InChI is InChI=1S/C14H25N3O9/c1-3-5(15)8(19)7(17-4(2)18)14(24-3)26-10-9(20)6(16)13(23)25-11(10)12(21)22/h3,5-11,13-14,19-20,23H,15-16H2,1-2H3,(H,17,18)(H,21,22)/t3-,5+,6-,7-,8+,9-,10-,11-,13-,14+/m1/s1. The van der Waals surface area contributed by atoms with Gasteiger partial charge in [0.15, 0.2) is 18.7 Å². The largest absolute Gasteiger partial charge is 0.479 e. The van der Waals surface area contributed by atoms with Crippen molar-refractivity contribution in [3.8, 4) is 0 Å². The molecule has 2 saturated heterocycles. The van der Waals surface area contributed by atoms with Gasteiger partial charge in [-0.15, -0.1) is 0 Å². The molecule has 12 nitrogen and oxygen atoms in total. The minimum absolute atomic E-state index is 0.504. The smallest absolute Gasteiger partial charge is 0.335 e. The van der Waals surface area contributed by atoms with E-state index in [1.807, 2.05) is 0 Å². The summed E-state index contributed by atoms with van der Waals surface area (Å²) in [6.07, 6.45) is -9.87. The molecule has 10 atom stereocenters. The Morgan fingerprint density at radius 2 is 1.69 bits per heavy atom. The third kappa shape index (κ3) is 4.13. The second kappa shape index (κ2) is 8.10. The molecule has 2 heterocycles. The van der Waals surface area contributed by atoms with Crippen LogP contribution in [0.25, 0.3) is 0 Å². The molecule has 2 aliphatic heterocycles. The van der Waals surface area contributed by atoms with Crippen molar-refractivity contribution < 1.29 is 44.2 Å². The molecule has 9 N–H and O–H groups in total. The number of aliphatic hydroxyl groups excluding tert-OH is 3. The molecule has 0 aromatic rings. The Labute approximate surface area is 149 Å². The zero-order valence-electron chi connectivity index (χ0n) is 14.3. The summed E-state index contributed by atoms with van der Waals surface area (Å²) in [5.41, 5.74) is 11.4. The van der Waals surface area contributed by atoms with Gasteiger partial charge in [-0.05, 0) is 6.92 Å². The molecule has 1 amide bonds. The Kier molecular flexibility index (Phi) is 6.52. The van der Waals surface area contributed by atoms with Gasteiger partial charge in [0.25, 0.3) is 0 Å². The second-order valence-corrected chi connectivity index (χ2v) is 6.46. The van der Waals surface area contributed by atoms with Gasteiger partial charge in [0.05, 0.1) is 24.3 Å². The van der Waals surface area contributed by atoms with Crippen LogP contribution in [-0.4, -0.2) is 93.5 Å². The van der Waals surface area contributed by atoms with E-state index in [1.165, 1.54) is 6.92 Å². The molecule has 0 aromatic heterocycles. The van der Waals surface area contributed by atoms with Gasteiger partial charge in [0, 0.05) is 6.92 Å². The van der Waals surface area contributed by atoms with Crippen molar-refractivity contribution >= 4 is 11.9 Å². The average molecular weight is 379 g/mol. The maximum absolute atomic E-state index is 11.4. The summed E-state index contributed by atoms with van der Waals surface area (Å²) in [5, 5.41) is 41.9. The fourth-order valence-electron chi connectivity index (χ4n) is 2.96.